The summed E-state index contributed by atoms with van der Waals surface area (Å²) in [5.74, 6) is -1.06. The van der Waals surface area contributed by atoms with Crippen LogP contribution in [0, 0.1) is 0 Å². The molecule has 0 saturated carbocycles. The van der Waals surface area contributed by atoms with Gasteiger partial charge < -0.3 is 10.6 Å². The number of rotatable bonds is 4. The SMILES string of the molecule is CCNC(=O)C(=O)NC[C@@H]1CCCN1CC. The molecule has 1 saturated heterocycles. The van der Waals surface area contributed by atoms with Crippen molar-refractivity contribution in [2.75, 3.05) is 26.2 Å². The molecule has 0 unspecified atom stereocenters. The Balaban J connectivity index is 2.28. The summed E-state index contributed by atoms with van der Waals surface area (Å²) in [5.41, 5.74) is 0. The van der Waals surface area contributed by atoms with Gasteiger partial charge in [-0.25, -0.2) is 0 Å². The lowest BCUT2D eigenvalue weighted by molar-refractivity contribution is -0.139. The number of carbonyl (C=O) groups excluding carboxylic acids is 2. The highest BCUT2D eigenvalue weighted by molar-refractivity contribution is 6.35. The minimum atomic E-state index is -0.538. The molecular formula is C11H21N3O2. The van der Waals surface area contributed by atoms with E-state index in [2.05, 4.69) is 22.5 Å². The van der Waals surface area contributed by atoms with Gasteiger partial charge in [0.05, 0.1) is 0 Å². The lowest BCUT2D eigenvalue weighted by Gasteiger charge is -2.22. The van der Waals surface area contributed by atoms with Gasteiger partial charge in [0.15, 0.2) is 0 Å². The molecule has 1 fully saturated rings. The molecule has 2 N–H and O–H groups in total. The monoisotopic (exact) mass is 227 g/mol. The van der Waals surface area contributed by atoms with Crippen molar-refractivity contribution in [1.29, 1.82) is 0 Å². The second kappa shape index (κ2) is 6.48. The summed E-state index contributed by atoms with van der Waals surface area (Å²) in [7, 11) is 0. The zero-order valence-corrected chi connectivity index (χ0v) is 10.1. The van der Waals surface area contributed by atoms with Crippen LogP contribution in [0.15, 0.2) is 0 Å². The molecule has 0 bridgehead atoms. The van der Waals surface area contributed by atoms with Crippen molar-refractivity contribution >= 4 is 11.8 Å². The molecule has 1 aliphatic heterocycles. The zero-order valence-electron chi connectivity index (χ0n) is 10.1. The van der Waals surface area contributed by atoms with E-state index in [1.54, 1.807) is 6.92 Å². The van der Waals surface area contributed by atoms with E-state index in [1.807, 2.05) is 0 Å². The zero-order chi connectivity index (χ0) is 12.0. The highest BCUT2D eigenvalue weighted by Crippen LogP contribution is 2.15. The third-order valence-electron chi connectivity index (χ3n) is 2.95. The number of hydrogen-bond donors (Lipinski definition) is 2. The predicted octanol–water partition coefficient (Wildman–Crippen LogP) is -0.277. The average molecular weight is 227 g/mol. The van der Waals surface area contributed by atoms with Gasteiger partial charge in [0.1, 0.15) is 0 Å². The maximum atomic E-state index is 11.3. The molecule has 1 heterocycles. The molecule has 0 spiro atoms. The second-order valence-electron chi connectivity index (χ2n) is 3.99. The summed E-state index contributed by atoms with van der Waals surface area (Å²) < 4.78 is 0. The first-order chi connectivity index (χ1) is 7.69. The maximum absolute atomic E-state index is 11.3. The Bertz CT molecular complexity index is 256. The van der Waals surface area contributed by atoms with Gasteiger partial charge >= 0.3 is 11.8 Å². The molecule has 0 aromatic carbocycles. The molecular weight excluding hydrogens is 206 g/mol. The smallest absolute Gasteiger partial charge is 0.309 e. The molecule has 5 heteroatoms. The van der Waals surface area contributed by atoms with Crippen LogP contribution in [-0.4, -0.2) is 48.9 Å². The van der Waals surface area contributed by atoms with Crippen LogP contribution >= 0.6 is 0 Å². The molecule has 0 aromatic rings. The van der Waals surface area contributed by atoms with E-state index >= 15 is 0 Å². The number of likely N-dealkylation sites (N-methyl/N-ethyl adjacent to an activating group) is 2. The minimum absolute atomic E-state index is 0.392. The Labute approximate surface area is 96.6 Å². The summed E-state index contributed by atoms with van der Waals surface area (Å²) in [6.45, 7) is 7.06. The lowest BCUT2D eigenvalue weighted by Crippen LogP contribution is -2.45. The van der Waals surface area contributed by atoms with Crippen LogP contribution in [0.1, 0.15) is 26.7 Å². The summed E-state index contributed by atoms with van der Waals surface area (Å²) in [6.07, 6.45) is 2.28. The van der Waals surface area contributed by atoms with E-state index in [0.717, 1.165) is 19.5 Å². The van der Waals surface area contributed by atoms with Crippen molar-refractivity contribution < 1.29 is 9.59 Å². The highest BCUT2D eigenvalue weighted by Gasteiger charge is 2.24. The summed E-state index contributed by atoms with van der Waals surface area (Å²) >= 11 is 0. The van der Waals surface area contributed by atoms with Crippen LogP contribution in [-0.2, 0) is 9.59 Å². The molecule has 0 radical (unpaired) electrons. The third kappa shape index (κ3) is 3.48. The number of likely N-dealkylation sites (tertiary alicyclic amines) is 1. The fourth-order valence-corrected chi connectivity index (χ4v) is 2.07. The molecule has 16 heavy (non-hydrogen) atoms. The van der Waals surface area contributed by atoms with Gasteiger partial charge in [-0.05, 0) is 32.9 Å². The number of amides is 2. The quantitative estimate of drug-likeness (QED) is 0.650. The van der Waals surface area contributed by atoms with E-state index in [4.69, 9.17) is 0 Å². The Morgan fingerprint density at radius 3 is 2.56 bits per heavy atom. The Morgan fingerprint density at radius 1 is 1.25 bits per heavy atom. The predicted molar refractivity (Wildman–Crippen MR) is 62.0 cm³/mol. The topological polar surface area (TPSA) is 61.4 Å². The van der Waals surface area contributed by atoms with Gasteiger partial charge in [0.25, 0.3) is 0 Å². The highest BCUT2D eigenvalue weighted by atomic mass is 16.2. The summed E-state index contributed by atoms with van der Waals surface area (Å²) in [6, 6.07) is 0.392. The number of carbonyl (C=O) groups is 2. The number of nitrogens with one attached hydrogen (secondary N) is 2. The van der Waals surface area contributed by atoms with Gasteiger partial charge in [-0.3, -0.25) is 14.5 Å². The Kier molecular flexibility index (Phi) is 5.25. The van der Waals surface area contributed by atoms with Crippen molar-refractivity contribution in [2.24, 2.45) is 0 Å². The van der Waals surface area contributed by atoms with Crippen LogP contribution in [0.5, 0.6) is 0 Å². The number of nitrogens with zero attached hydrogens (tertiary/aromatic N) is 1. The fourth-order valence-electron chi connectivity index (χ4n) is 2.07. The van der Waals surface area contributed by atoms with E-state index in [1.165, 1.54) is 6.42 Å². The standard InChI is InChI=1S/C11H21N3O2/c1-3-12-10(15)11(16)13-8-9-6-5-7-14(9)4-2/h9H,3-8H2,1-2H3,(H,12,15)(H,13,16)/t9-/m0/s1. The lowest BCUT2D eigenvalue weighted by atomic mass is 10.2. The van der Waals surface area contributed by atoms with Crippen molar-refractivity contribution in [3.05, 3.63) is 0 Å². The van der Waals surface area contributed by atoms with Gasteiger partial charge in [-0.1, -0.05) is 6.92 Å². The van der Waals surface area contributed by atoms with Crippen molar-refractivity contribution in [1.82, 2.24) is 15.5 Å². The molecule has 1 rings (SSSR count). The molecule has 1 aliphatic rings. The maximum Gasteiger partial charge on any atom is 0.309 e. The van der Waals surface area contributed by atoms with E-state index in [0.29, 0.717) is 19.1 Å². The first kappa shape index (κ1) is 13.0. The van der Waals surface area contributed by atoms with Crippen LogP contribution in [0.3, 0.4) is 0 Å². The van der Waals surface area contributed by atoms with Crippen LogP contribution in [0.2, 0.25) is 0 Å². The van der Waals surface area contributed by atoms with Crippen molar-refractivity contribution in [2.45, 2.75) is 32.7 Å². The van der Waals surface area contributed by atoms with Crippen LogP contribution < -0.4 is 10.6 Å². The molecule has 1 atom stereocenters. The van der Waals surface area contributed by atoms with Crippen molar-refractivity contribution in [3.8, 4) is 0 Å². The van der Waals surface area contributed by atoms with Gasteiger partial charge in [0.2, 0.25) is 0 Å². The average Bonchev–Trinajstić information content (AvgIpc) is 2.73. The van der Waals surface area contributed by atoms with Crippen molar-refractivity contribution in [3.63, 3.8) is 0 Å². The molecule has 0 aliphatic carbocycles. The van der Waals surface area contributed by atoms with E-state index in [-0.39, 0.29) is 0 Å². The molecule has 0 aromatic heterocycles. The summed E-state index contributed by atoms with van der Waals surface area (Å²) in [4.78, 5) is 24.8. The summed E-state index contributed by atoms with van der Waals surface area (Å²) in [5, 5.41) is 5.16. The Hall–Kier alpha value is -1.10. The number of hydrogen-bond acceptors (Lipinski definition) is 3. The fraction of sp³-hybridized carbons (Fsp3) is 0.818. The van der Waals surface area contributed by atoms with Gasteiger partial charge in [-0.15, -0.1) is 0 Å². The van der Waals surface area contributed by atoms with Gasteiger partial charge in [-0.2, -0.15) is 0 Å². The van der Waals surface area contributed by atoms with Crippen LogP contribution in [0.25, 0.3) is 0 Å². The minimum Gasteiger partial charge on any atom is -0.348 e. The molecule has 2 amide bonds. The van der Waals surface area contributed by atoms with E-state index < -0.39 is 11.8 Å². The van der Waals surface area contributed by atoms with Gasteiger partial charge in [0, 0.05) is 19.1 Å². The molecule has 5 nitrogen and oxygen atoms in total. The second-order valence-corrected chi connectivity index (χ2v) is 3.99. The largest absolute Gasteiger partial charge is 0.348 e. The Morgan fingerprint density at radius 2 is 1.94 bits per heavy atom. The van der Waals surface area contributed by atoms with E-state index in [9.17, 15) is 9.59 Å². The first-order valence-electron chi connectivity index (χ1n) is 5.99. The third-order valence-corrected chi connectivity index (χ3v) is 2.95. The van der Waals surface area contributed by atoms with Crippen LogP contribution in [0.4, 0.5) is 0 Å². The normalized spacial score (nSPS) is 20.8. The molecule has 92 valence electrons. The first-order valence-corrected chi connectivity index (χ1v) is 5.99.